The van der Waals surface area contributed by atoms with Crippen molar-refractivity contribution in [2.75, 3.05) is 6.61 Å². The molecule has 0 aromatic heterocycles. The summed E-state index contributed by atoms with van der Waals surface area (Å²) in [6.45, 7) is 1.08. The molecule has 0 radical (unpaired) electrons. The van der Waals surface area contributed by atoms with E-state index in [9.17, 15) is 18.0 Å². The molecule has 0 bridgehead atoms. The zero-order valence-electron chi connectivity index (χ0n) is 10.6. The first-order valence-electron chi connectivity index (χ1n) is 6.28. The van der Waals surface area contributed by atoms with Gasteiger partial charge < -0.3 is 9.84 Å². The number of halogens is 3. The van der Waals surface area contributed by atoms with Crippen molar-refractivity contribution >= 4 is 5.97 Å². The Balaban J connectivity index is 3.49. The number of esters is 1. The first kappa shape index (κ1) is 17.2. The molecule has 0 aromatic rings. The standard InChI is InChI=1S/C12H21F3O3/c1-2-3-4-5-6-7-8-11(17)18-9-10(16)12(13,14)15/h10,16H,2-9H2,1H3. The molecule has 0 aliphatic heterocycles. The number of alkyl halides is 3. The van der Waals surface area contributed by atoms with Gasteiger partial charge in [0.15, 0.2) is 6.10 Å². The third-order valence-corrected chi connectivity index (χ3v) is 2.51. The molecule has 18 heavy (non-hydrogen) atoms. The first-order chi connectivity index (χ1) is 8.38. The molecule has 0 fully saturated rings. The lowest BCUT2D eigenvalue weighted by Crippen LogP contribution is -2.33. The summed E-state index contributed by atoms with van der Waals surface area (Å²) >= 11 is 0. The summed E-state index contributed by atoms with van der Waals surface area (Å²) < 4.78 is 40.0. The molecule has 1 unspecified atom stereocenters. The molecule has 0 aromatic carbocycles. The number of aliphatic hydroxyl groups excluding tert-OH is 1. The monoisotopic (exact) mass is 270 g/mol. The summed E-state index contributed by atoms with van der Waals surface area (Å²) in [5.41, 5.74) is 0. The number of aliphatic hydroxyl groups is 1. The smallest absolute Gasteiger partial charge is 0.417 e. The van der Waals surface area contributed by atoms with Crippen LogP contribution < -0.4 is 0 Å². The van der Waals surface area contributed by atoms with Crippen LogP contribution in [0, 0.1) is 0 Å². The van der Waals surface area contributed by atoms with E-state index >= 15 is 0 Å². The topological polar surface area (TPSA) is 46.5 Å². The Morgan fingerprint density at radius 3 is 2.28 bits per heavy atom. The summed E-state index contributed by atoms with van der Waals surface area (Å²) in [5, 5.41) is 8.60. The highest BCUT2D eigenvalue weighted by Crippen LogP contribution is 2.20. The number of hydrogen-bond donors (Lipinski definition) is 1. The lowest BCUT2D eigenvalue weighted by atomic mass is 10.1. The fraction of sp³-hybridized carbons (Fsp3) is 0.917. The molecule has 0 saturated heterocycles. The number of carbonyl (C=O) groups is 1. The minimum Gasteiger partial charge on any atom is -0.463 e. The summed E-state index contributed by atoms with van der Waals surface area (Å²) in [6, 6.07) is 0. The number of ether oxygens (including phenoxy) is 1. The maximum atomic E-state index is 11.9. The van der Waals surface area contributed by atoms with Crippen LogP contribution in [0.4, 0.5) is 13.2 Å². The largest absolute Gasteiger partial charge is 0.463 e. The van der Waals surface area contributed by atoms with Gasteiger partial charge in [-0.25, -0.2) is 0 Å². The summed E-state index contributed by atoms with van der Waals surface area (Å²) in [7, 11) is 0. The second-order valence-electron chi connectivity index (χ2n) is 4.26. The van der Waals surface area contributed by atoms with E-state index < -0.39 is 24.9 Å². The van der Waals surface area contributed by atoms with E-state index in [4.69, 9.17) is 5.11 Å². The Morgan fingerprint density at radius 1 is 1.17 bits per heavy atom. The minimum absolute atomic E-state index is 0.108. The van der Waals surface area contributed by atoms with Crippen molar-refractivity contribution in [1.82, 2.24) is 0 Å². The van der Waals surface area contributed by atoms with E-state index in [-0.39, 0.29) is 6.42 Å². The maximum Gasteiger partial charge on any atom is 0.417 e. The molecule has 0 spiro atoms. The van der Waals surface area contributed by atoms with Gasteiger partial charge in [-0.2, -0.15) is 13.2 Å². The molecule has 0 rings (SSSR count). The van der Waals surface area contributed by atoms with E-state index in [2.05, 4.69) is 11.7 Å². The Kier molecular flexibility index (Phi) is 8.79. The van der Waals surface area contributed by atoms with Gasteiger partial charge in [0.25, 0.3) is 0 Å². The van der Waals surface area contributed by atoms with Crippen LogP contribution in [0.2, 0.25) is 0 Å². The van der Waals surface area contributed by atoms with E-state index in [0.717, 1.165) is 32.1 Å². The zero-order chi connectivity index (χ0) is 14.0. The van der Waals surface area contributed by atoms with E-state index in [1.54, 1.807) is 0 Å². The van der Waals surface area contributed by atoms with Crippen LogP contribution in [-0.4, -0.2) is 30.0 Å². The Labute approximate surface area is 105 Å². The highest BCUT2D eigenvalue weighted by molar-refractivity contribution is 5.69. The molecule has 0 heterocycles. The Hall–Kier alpha value is -0.780. The van der Waals surface area contributed by atoms with Gasteiger partial charge in [0, 0.05) is 6.42 Å². The van der Waals surface area contributed by atoms with Crippen LogP contribution in [0.3, 0.4) is 0 Å². The number of hydrogen-bond acceptors (Lipinski definition) is 3. The van der Waals surface area contributed by atoms with Gasteiger partial charge in [-0.15, -0.1) is 0 Å². The average Bonchev–Trinajstić information content (AvgIpc) is 2.29. The van der Waals surface area contributed by atoms with Crippen molar-refractivity contribution in [3.05, 3.63) is 0 Å². The number of rotatable bonds is 9. The molecule has 0 aliphatic rings. The van der Waals surface area contributed by atoms with Crippen LogP contribution in [0.5, 0.6) is 0 Å². The fourth-order valence-corrected chi connectivity index (χ4v) is 1.39. The Bertz CT molecular complexity index is 229. The second-order valence-corrected chi connectivity index (χ2v) is 4.26. The van der Waals surface area contributed by atoms with E-state index in [1.165, 1.54) is 0 Å². The van der Waals surface area contributed by atoms with Crippen molar-refractivity contribution in [3.63, 3.8) is 0 Å². The molecule has 0 saturated carbocycles. The molecule has 6 heteroatoms. The SMILES string of the molecule is CCCCCCCCC(=O)OCC(O)C(F)(F)F. The highest BCUT2D eigenvalue weighted by Gasteiger charge is 2.39. The fourth-order valence-electron chi connectivity index (χ4n) is 1.39. The quantitative estimate of drug-likeness (QED) is 0.517. The maximum absolute atomic E-state index is 11.9. The van der Waals surface area contributed by atoms with Crippen molar-refractivity contribution in [1.29, 1.82) is 0 Å². The van der Waals surface area contributed by atoms with Crippen molar-refractivity contribution in [3.8, 4) is 0 Å². The van der Waals surface area contributed by atoms with Crippen molar-refractivity contribution < 1.29 is 27.8 Å². The summed E-state index contributed by atoms with van der Waals surface area (Å²) in [5.74, 6) is -0.686. The van der Waals surface area contributed by atoms with Gasteiger partial charge in [0.2, 0.25) is 0 Å². The normalized spacial score (nSPS) is 13.4. The Morgan fingerprint density at radius 2 is 1.72 bits per heavy atom. The minimum atomic E-state index is -4.74. The van der Waals surface area contributed by atoms with Gasteiger partial charge in [0.1, 0.15) is 6.61 Å². The predicted octanol–water partition coefficient (Wildman–Crippen LogP) is 3.20. The van der Waals surface area contributed by atoms with Gasteiger partial charge in [-0.1, -0.05) is 39.0 Å². The molecule has 3 nitrogen and oxygen atoms in total. The second kappa shape index (κ2) is 9.19. The third kappa shape index (κ3) is 9.27. The van der Waals surface area contributed by atoms with Gasteiger partial charge in [-0.05, 0) is 6.42 Å². The van der Waals surface area contributed by atoms with Crippen LogP contribution in [-0.2, 0) is 9.53 Å². The molecular weight excluding hydrogens is 249 g/mol. The van der Waals surface area contributed by atoms with Crippen molar-refractivity contribution in [2.45, 2.75) is 64.1 Å². The molecule has 1 atom stereocenters. The molecule has 1 N–H and O–H groups in total. The first-order valence-corrected chi connectivity index (χ1v) is 6.28. The zero-order valence-corrected chi connectivity index (χ0v) is 10.6. The molecule has 0 aliphatic carbocycles. The lowest BCUT2D eigenvalue weighted by Gasteiger charge is -2.14. The average molecular weight is 270 g/mol. The predicted molar refractivity (Wildman–Crippen MR) is 61.0 cm³/mol. The molecule has 108 valence electrons. The van der Waals surface area contributed by atoms with Gasteiger partial charge >= 0.3 is 12.1 Å². The van der Waals surface area contributed by atoms with E-state index in [1.807, 2.05) is 0 Å². The van der Waals surface area contributed by atoms with Crippen LogP contribution in [0.15, 0.2) is 0 Å². The molecular formula is C12H21F3O3. The number of unbranched alkanes of at least 4 members (excludes halogenated alkanes) is 5. The highest BCUT2D eigenvalue weighted by atomic mass is 19.4. The summed E-state index contributed by atoms with van der Waals surface area (Å²) in [6.07, 6.45) is -1.31. The van der Waals surface area contributed by atoms with Crippen LogP contribution in [0.25, 0.3) is 0 Å². The number of carbonyl (C=O) groups excluding carboxylic acids is 1. The van der Waals surface area contributed by atoms with Gasteiger partial charge in [-0.3, -0.25) is 4.79 Å². The molecule has 0 amide bonds. The summed E-state index contributed by atoms with van der Waals surface area (Å²) in [4.78, 5) is 11.1. The van der Waals surface area contributed by atoms with Crippen LogP contribution >= 0.6 is 0 Å². The van der Waals surface area contributed by atoms with Gasteiger partial charge in [0.05, 0.1) is 0 Å². The third-order valence-electron chi connectivity index (χ3n) is 2.51. The van der Waals surface area contributed by atoms with E-state index in [0.29, 0.717) is 6.42 Å². The van der Waals surface area contributed by atoms with Crippen molar-refractivity contribution in [2.24, 2.45) is 0 Å². The van der Waals surface area contributed by atoms with Crippen LogP contribution in [0.1, 0.15) is 51.9 Å². The lowest BCUT2D eigenvalue weighted by molar-refractivity contribution is -0.217.